The number of rotatable bonds is 5. The molecule has 2 N–H and O–H groups in total. The maximum absolute atomic E-state index is 12.4. The number of carbonyl (C=O) groups is 2. The summed E-state index contributed by atoms with van der Waals surface area (Å²) in [4.78, 5) is 28.3. The number of thiophene rings is 1. The van der Waals surface area contributed by atoms with Gasteiger partial charge >= 0.3 is 11.8 Å². The molecule has 0 saturated carbocycles. The molecule has 30 heavy (non-hydrogen) atoms. The summed E-state index contributed by atoms with van der Waals surface area (Å²) in [5, 5.41) is 7.54. The van der Waals surface area contributed by atoms with E-state index in [0.717, 1.165) is 25.1 Å². The number of hydrogen-bond acceptors (Lipinski definition) is 4. The molecule has 3 aromatic rings. The van der Waals surface area contributed by atoms with Crippen LogP contribution in [0, 0.1) is 6.92 Å². The van der Waals surface area contributed by atoms with Gasteiger partial charge in [-0.1, -0.05) is 48.0 Å². The second-order valence-corrected chi connectivity index (χ2v) is 8.53. The number of aryl methyl sites for hydroxylation is 1. The normalized spacial score (nSPS) is 14.6. The number of anilines is 1. The fourth-order valence-electron chi connectivity index (χ4n) is 3.77. The Labute approximate surface area is 180 Å². The predicted octanol–water partition coefficient (Wildman–Crippen LogP) is 3.91. The van der Waals surface area contributed by atoms with Crippen molar-refractivity contribution in [1.82, 2.24) is 10.2 Å². The van der Waals surface area contributed by atoms with Crippen LogP contribution in [0.3, 0.4) is 0 Å². The van der Waals surface area contributed by atoms with Crippen LogP contribution in [0.25, 0.3) is 0 Å². The van der Waals surface area contributed by atoms with Gasteiger partial charge in [-0.15, -0.1) is 11.3 Å². The highest BCUT2D eigenvalue weighted by Gasteiger charge is 2.26. The molecule has 0 aliphatic carbocycles. The first kappa shape index (κ1) is 20.3. The van der Waals surface area contributed by atoms with Gasteiger partial charge in [0.2, 0.25) is 0 Å². The van der Waals surface area contributed by atoms with E-state index in [1.165, 1.54) is 16.0 Å². The zero-order valence-electron chi connectivity index (χ0n) is 16.9. The van der Waals surface area contributed by atoms with E-state index in [2.05, 4.69) is 45.9 Å². The molecule has 0 radical (unpaired) electrons. The molecule has 2 amide bonds. The lowest BCUT2D eigenvalue weighted by molar-refractivity contribution is -0.136. The minimum Gasteiger partial charge on any atom is -0.346 e. The van der Waals surface area contributed by atoms with Crippen molar-refractivity contribution in [3.63, 3.8) is 0 Å². The van der Waals surface area contributed by atoms with E-state index in [1.807, 2.05) is 30.5 Å². The lowest BCUT2D eigenvalue weighted by Crippen LogP contribution is -2.43. The summed E-state index contributed by atoms with van der Waals surface area (Å²) in [5.41, 5.74) is 4.43. The summed E-state index contributed by atoms with van der Waals surface area (Å²) in [6, 6.07) is 20.0. The molecule has 1 aliphatic heterocycles. The molecule has 2 aromatic carbocycles. The Balaban J connectivity index is 1.41. The Morgan fingerprint density at radius 3 is 2.50 bits per heavy atom. The van der Waals surface area contributed by atoms with E-state index in [0.29, 0.717) is 12.2 Å². The third kappa shape index (κ3) is 4.78. The number of carbonyl (C=O) groups excluding carboxylic acids is 2. The number of amides is 2. The Bertz CT molecular complexity index is 1020. The van der Waals surface area contributed by atoms with Crippen LogP contribution >= 0.6 is 11.3 Å². The first-order valence-corrected chi connectivity index (χ1v) is 11.0. The van der Waals surface area contributed by atoms with E-state index < -0.39 is 11.8 Å². The van der Waals surface area contributed by atoms with E-state index in [4.69, 9.17) is 0 Å². The van der Waals surface area contributed by atoms with Crippen molar-refractivity contribution in [2.45, 2.75) is 25.9 Å². The summed E-state index contributed by atoms with van der Waals surface area (Å²) in [5.74, 6) is -1.26. The highest BCUT2D eigenvalue weighted by Crippen LogP contribution is 2.30. The van der Waals surface area contributed by atoms with Gasteiger partial charge in [0.15, 0.2) is 0 Å². The maximum Gasteiger partial charge on any atom is 0.313 e. The molecular formula is C24H25N3O2S. The van der Waals surface area contributed by atoms with Crippen LogP contribution in [-0.4, -0.2) is 29.8 Å². The van der Waals surface area contributed by atoms with Crippen molar-refractivity contribution in [3.8, 4) is 0 Å². The molecule has 0 saturated heterocycles. The Kier molecular flexibility index (Phi) is 6.26. The standard InChI is InChI=1S/C24H25N3O2S/c1-17-8-10-20(11-9-17)26-24(29)23(28)25-15-21(22-7-4-14-30-22)27-13-12-18-5-2-3-6-19(18)16-27/h2-11,14,21H,12-13,15-16H2,1H3,(H,25,28)(H,26,29). The minimum atomic E-state index is -0.646. The summed E-state index contributed by atoms with van der Waals surface area (Å²) < 4.78 is 0. The molecule has 5 nitrogen and oxygen atoms in total. The van der Waals surface area contributed by atoms with Crippen LogP contribution in [-0.2, 0) is 22.6 Å². The van der Waals surface area contributed by atoms with Crippen LogP contribution in [0.4, 0.5) is 5.69 Å². The number of benzene rings is 2. The summed E-state index contributed by atoms with van der Waals surface area (Å²) in [6.45, 7) is 4.13. The van der Waals surface area contributed by atoms with Gasteiger partial charge in [-0.3, -0.25) is 14.5 Å². The highest BCUT2D eigenvalue weighted by molar-refractivity contribution is 7.10. The third-order valence-electron chi connectivity index (χ3n) is 5.44. The lowest BCUT2D eigenvalue weighted by atomic mass is 9.98. The van der Waals surface area contributed by atoms with Crippen LogP contribution in [0.1, 0.15) is 27.6 Å². The fraction of sp³-hybridized carbons (Fsp3) is 0.250. The SMILES string of the molecule is Cc1ccc(NC(=O)C(=O)NCC(c2cccs2)N2CCc3ccccc3C2)cc1. The van der Waals surface area contributed by atoms with Gasteiger partial charge in [0.1, 0.15) is 0 Å². The smallest absolute Gasteiger partial charge is 0.313 e. The van der Waals surface area contributed by atoms with Gasteiger partial charge in [-0.05, 0) is 48.1 Å². The van der Waals surface area contributed by atoms with Gasteiger partial charge in [0.05, 0.1) is 6.04 Å². The zero-order chi connectivity index (χ0) is 20.9. The minimum absolute atomic E-state index is 0.0366. The molecule has 4 rings (SSSR count). The average Bonchev–Trinajstić information content (AvgIpc) is 3.30. The second kappa shape index (κ2) is 9.24. The fourth-order valence-corrected chi connectivity index (χ4v) is 4.63. The average molecular weight is 420 g/mol. The summed E-state index contributed by atoms with van der Waals surface area (Å²) in [7, 11) is 0. The van der Waals surface area contributed by atoms with Gasteiger partial charge in [0, 0.05) is 30.2 Å². The highest BCUT2D eigenvalue weighted by atomic mass is 32.1. The molecule has 0 bridgehead atoms. The molecule has 0 fully saturated rings. The van der Waals surface area contributed by atoms with Crippen LogP contribution in [0.5, 0.6) is 0 Å². The Hall–Kier alpha value is -2.96. The largest absolute Gasteiger partial charge is 0.346 e. The summed E-state index contributed by atoms with van der Waals surface area (Å²) in [6.07, 6.45) is 0.986. The third-order valence-corrected chi connectivity index (χ3v) is 6.42. The van der Waals surface area contributed by atoms with Crippen LogP contribution in [0.15, 0.2) is 66.0 Å². The monoisotopic (exact) mass is 419 g/mol. The number of nitrogens with zero attached hydrogens (tertiary/aromatic N) is 1. The van der Waals surface area contributed by atoms with E-state index in [-0.39, 0.29) is 6.04 Å². The first-order valence-electron chi connectivity index (χ1n) is 10.1. The number of hydrogen-bond donors (Lipinski definition) is 2. The maximum atomic E-state index is 12.4. The van der Waals surface area contributed by atoms with E-state index in [9.17, 15) is 9.59 Å². The zero-order valence-corrected chi connectivity index (χ0v) is 17.7. The van der Waals surface area contributed by atoms with Crippen molar-refractivity contribution in [1.29, 1.82) is 0 Å². The first-order chi connectivity index (χ1) is 14.6. The Morgan fingerprint density at radius 2 is 1.77 bits per heavy atom. The lowest BCUT2D eigenvalue weighted by Gasteiger charge is -2.35. The predicted molar refractivity (Wildman–Crippen MR) is 120 cm³/mol. The van der Waals surface area contributed by atoms with Gasteiger partial charge in [-0.25, -0.2) is 0 Å². The molecule has 1 aliphatic rings. The van der Waals surface area contributed by atoms with Crippen molar-refractivity contribution in [2.75, 3.05) is 18.4 Å². The van der Waals surface area contributed by atoms with Crippen molar-refractivity contribution in [3.05, 3.63) is 87.6 Å². The van der Waals surface area contributed by atoms with E-state index >= 15 is 0 Å². The second-order valence-electron chi connectivity index (χ2n) is 7.55. The van der Waals surface area contributed by atoms with Crippen LogP contribution < -0.4 is 10.6 Å². The van der Waals surface area contributed by atoms with Gasteiger partial charge in [0.25, 0.3) is 0 Å². The summed E-state index contributed by atoms with van der Waals surface area (Å²) >= 11 is 1.68. The van der Waals surface area contributed by atoms with Crippen LogP contribution in [0.2, 0.25) is 0 Å². The van der Waals surface area contributed by atoms with Crippen molar-refractivity contribution < 1.29 is 9.59 Å². The topological polar surface area (TPSA) is 61.4 Å². The molecule has 1 aromatic heterocycles. The molecule has 1 unspecified atom stereocenters. The van der Waals surface area contributed by atoms with E-state index in [1.54, 1.807) is 23.5 Å². The van der Waals surface area contributed by atoms with Crippen molar-refractivity contribution in [2.24, 2.45) is 0 Å². The molecular weight excluding hydrogens is 394 g/mol. The molecule has 6 heteroatoms. The molecule has 0 spiro atoms. The number of nitrogens with one attached hydrogen (secondary N) is 2. The molecule has 154 valence electrons. The Morgan fingerprint density at radius 1 is 1.00 bits per heavy atom. The quantitative estimate of drug-likeness (QED) is 0.617. The van der Waals surface area contributed by atoms with Gasteiger partial charge < -0.3 is 10.6 Å². The molecule has 1 atom stereocenters. The number of fused-ring (bicyclic) bond motifs is 1. The van der Waals surface area contributed by atoms with Crippen molar-refractivity contribution >= 4 is 28.8 Å². The van der Waals surface area contributed by atoms with Gasteiger partial charge in [-0.2, -0.15) is 0 Å². The molecule has 2 heterocycles.